The summed E-state index contributed by atoms with van der Waals surface area (Å²) in [5.74, 6) is -1.15. The Bertz CT molecular complexity index is 1280. The van der Waals surface area contributed by atoms with E-state index >= 15 is 0 Å². The Balaban J connectivity index is 2.00. The molecule has 3 aromatic rings. The van der Waals surface area contributed by atoms with Crippen molar-refractivity contribution in [3.05, 3.63) is 46.4 Å². The SMILES string of the molecule is CCOC(=O)CC(=O)CN=S(C(=O)CC)c1nc(N)c2[nH]c(=O)n(Cc3ccccc3)c2n1. The van der Waals surface area contributed by atoms with Crippen molar-refractivity contribution >= 4 is 44.5 Å². The van der Waals surface area contributed by atoms with Crippen molar-refractivity contribution in [3.8, 4) is 0 Å². The number of aromatic amines is 1. The van der Waals surface area contributed by atoms with E-state index in [0.717, 1.165) is 5.56 Å². The number of aromatic nitrogens is 4. The fraction of sp³-hybridized carbons (Fsp3) is 0.333. The van der Waals surface area contributed by atoms with Crippen LogP contribution in [0.25, 0.3) is 11.2 Å². The third kappa shape index (κ3) is 5.77. The van der Waals surface area contributed by atoms with Crippen LogP contribution in [0.1, 0.15) is 32.3 Å². The number of benzene rings is 1. The van der Waals surface area contributed by atoms with E-state index < -0.39 is 34.6 Å². The Morgan fingerprint density at radius 3 is 2.58 bits per heavy atom. The zero-order valence-corrected chi connectivity index (χ0v) is 19.1. The number of carbonyl (C=O) groups is 3. The van der Waals surface area contributed by atoms with Gasteiger partial charge < -0.3 is 15.5 Å². The van der Waals surface area contributed by atoms with Gasteiger partial charge in [-0.3, -0.25) is 19.0 Å². The van der Waals surface area contributed by atoms with Gasteiger partial charge in [0, 0.05) is 17.1 Å². The average Bonchev–Trinajstić information content (AvgIpc) is 3.10. The number of nitrogens with two attached hydrogens (primary N) is 1. The number of carbonyl (C=O) groups excluding carboxylic acids is 3. The van der Waals surface area contributed by atoms with Crippen LogP contribution in [0.15, 0.2) is 44.6 Å². The number of nitrogens with one attached hydrogen (secondary N) is 1. The van der Waals surface area contributed by atoms with Crippen LogP contribution in [-0.2, 0) is 36.4 Å². The van der Waals surface area contributed by atoms with E-state index in [-0.39, 0.29) is 53.4 Å². The number of H-pyrrole nitrogens is 1. The molecule has 3 N–H and O–H groups in total. The van der Waals surface area contributed by atoms with Gasteiger partial charge in [0.1, 0.15) is 18.5 Å². The minimum atomic E-state index is -1.50. The van der Waals surface area contributed by atoms with Crippen LogP contribution < -0.4 is 11.4 Å². The molecule has 0 spiro atoms. The number of nitrogens with zero attached hydrogens (tertiary/aromatic N) is 4. The maximum atomic E-state index is 12.6. The number of imidazole rings is 1. The van der Waals surface area contributed by atoms with Crippen LogP contribution in [0.3, 0.4) is 0 Å². The number of fused-ring (bicyclic) bond motifs is 1. The van der Waals surface area contributed by atoms with E-state index in [2.05, 4.69) is 19.3 Å². The second kappa shape index (κ2) is 10.8. The van der Waals surface area contributed by atoms with Gasteiger partial charge in [-0.05, 0) is 12.5 Å². The van der Waals surface area contributed by atoms with Gasteiger partial charge in [-0.2, -0.15) is 0 Å². The minimum absolute atomic E-state index is 0.00614. The van der Waals surface area contributed by atoms with Gasteiger partial charge in [0.25, 0.3) is 0 Å². The first-order chi connectivity index (χ1) is 15.8. The van der Waals surface area contributed by atoms with Gasteiger partial charge in [-0.25, -0.2) is 19.1 Å². The first-order valence-corrected chi connectivity index (χ1v) is 11.4. The van der Waals surface area contributed by atoms with Crippen molar-refractivity contribution in [2.45, 2.75) is 38.4 Å². The Hall–Kier alpha value is -3.67. The van der Waals surface area contributed by atoms with E-state index in [4.69, 9.17) is 10.5 Å². The van der Waals surface area contributed by atoms with E-state index in [1.165, 1.54) is 4.57 Å². The maximum Gasteiger partial charge on any atom is 0.328 e. The van der Waals surface area contributed by atoms with E-state index in [1.54, 1.807) is 13.8 Å². The first kappa shape index (κ1) is 24.0. The highest BCUT2D eigenvalue weighted by Gasteiger charge is 2.20. The fourth-order valence-electron chi connectivity index (χ4n) is 2.96. The molecule has 2 heterocycles. The van der Waals surface area contributed by atoms with Crippen molar-refractivity contribution in [3.63, 3.8) is 0 Å². The molecule has 11 nitrogen and oxygen atoms in total. The molecule has 0 saturated heterocycles. The van der Waals surface area contributed by atoms with Crippen molar-refractivity contribution in [1.29, 1.82) is 0 Å². The van der Waals surface area contributed by atoms with E-state index in [1.807, 2.05) is 30.3 Å². The summed E-state index contributed by atoms with van der Waals surface area (Å²) >= 11 is 0. The standard InChI is InChI=1S/C21H24N6O5S/c1-3-16(30)33(23-11-14(28)10-15(29)32-4-2)20-25-18(22)17-19(26-20)27(21(31)24-17)12-13-8-6-5-7-9-13/h5-9H,3-4,10-12H2,1-2H3,(H,24,31)(H2,22,25,26). The number of rotatable bonds is 9. The quantitative estimate of drug-likeness (QED) is 0.268. The summed E-state index contributed by atoms with van der Waals surface area (Å²) in [6.07, 6.45) is -0.310. The molecule has 3 rings (SSSR count). The first-order valence-electron chi connectivity index (χ1n) is 10.3. The summed E-state index contributed by atoms with van der Waals surface area (Å²) in [6, 6.07) is 9.31. The molecule has 33 heavy (non-hydrogen) atoms. The summed E-state index contributed by atoms with van der Waals surface area (Å²) in [4.78, 5) is 60.0. The third-order valence-corrected chi connectivity index (χ3v) is 6.14. The van der Waals surface area contributed by atoms with Crippen molar-refractivity contribution in [1.82, 2.24) is 19.5 Å². The smallest absolute Gasteiger partial charge is 0.328 e. The molecule has 0 amide bonds. The molecule has 1 atom stereocenters. The van der Waals surface area contributed by atoms with Gasteiger partial charge in [0.05, 0.1) is 13.2 Å². The van der Waals surface area contributed by atoms with E-state index in [0.29, 0.717) is 0 Å². The fourth-order valence-corrected chi connectivity index (χ4v) is 4.33. The highest BCUT2D eigenvalue weighted by molar-refractivity contribution is 8.02. The highest BCUT2D eigenvalue weighted by Crippen LogP contribution is 2.18. The lowest BCUT2D eigenvalue weighted by Gasteiger charge is -2.08. The molecular formula is C21H24N6O5S. The highest BCUT2D eigenvalue weighted by atomic mass is 32.2. The average molecular weight is 473 g/mol. The number of ketones is 1. The van der Waals surface area contributed by atoms with Crippen LogP contribution in [0.5, 0.6) is 0 Å². The van der Waals surface area contributed by atoms with Crippen LogP contribution in [0.2, 0.25) is 0 Å². The lowest BCUT2D eigenvalue weighted by atomic mass is 10.2. The number of nitrogen functional groups attached to an aromatic ring is 1. The van der Waals surface area contributed by atoms with Gasteiger partial charge in [0.2, 0.25) is 10.3 Å². The predicted molar refractivity (Wildman–Crippen MR) is 123 cm³/mol. The number of anilines is 1. The Labute approximate surface area is 191 Å². The molecule has 0 aliphatic carbocycles. The molecule has 0 saturated carbocycles. The molecule has 0 aliphatic heterocycles. The number of hydrogen-bond donors (Lipinski definition) is 2. The Morgan fingerprint density at radius 2 is 1.91 bits per heavy atom. The van der Waals surface area contributed by atoms with Crippen LogP contribution in [0.4, 0.5) is 5.82 Å². The number of Topliss-reactive ketones (excluding diaryl/α,β-unsaturated/α-hetero) is 1. The summed E-state index contributed by atoms with van der Waals surface area (Å²) < 4.78 is 10.3. The zero-order chi connectivity index (χ0) is 24.0. The van der Waals surface area contributed by atoms with Gasteiger partial charge in [-0.15, -0.1) is 0 Å². The second-order valence-corrected chi connectivity index (χ2v) is 8.56. The predicted octanol–water partition coefficient (Wildman–Crippen LogP) is 1.37. The molecule has 0 bridgehead atoms. The summed E-state index contributed by atoms with van der Waals surface area (Å²) in [7, 11) is -1.50. The van der Waals surface area contributed by atoms with Gasteiger partial charge in [0.15, 0.2) is 17.2 Å². The second-order valence-electron chi connectivity index (χ2n) is 6.91. The number of esters is 1. The normalized spacial score (nSPS) is 12.1. The molecule has 12 heteroatoms. The molecule has 2 aromatic heterocycles. The van der Waals surface area contributed by atoms with Gasteiger partial charge >= 0.3 is 11.7 Å². The van der Waals surface area contributed by atoms with Crippen molar-refractivity contribution in [2.24, 2.45) is 4.36 Å². The van der Waals surface area contributed by atoms with Crippen LogP contribution in [0, 0.1) is 0 Å². The zero-order valence-electron chi connectivity index (χ0n) is 18.2. The summed E-state index contributed by atoms with van der Waals surface area (Å²) in [5.41, 5.74) is 7.00. The van der Waals surface area contributed by atoms with Gasteiger partial charge in [-0.1, -0.05) is 37.3 Å². The summed E-state index contributed by atoms with van der Waals surface area (Å²) in [6.45, 7) is 3.32. The lowest BCUT2D eigenvalue weighted by molar-refractivity contribution is -0.145. The largest absolute Gasteiger partial charge is 0.466 e. The van der Waals surface area contributed by atoms with Crippen molar-refractivity contribution in [2.75, 3.05) is 18.9 Å². The van der Waals surface area contributed by atoms with Crippen molar-refractivity contribution < 1.29 is 19.1 Å². The molecule has 0 radical (unpaired) electrons. The topological polar surface area (TPSA) is 162 Å². The van der Waals surface area contributed by atoms with Crippen LogP contribution in [-0.4, -0.2) is 49.5 Å². The monoisotopic (exact) mass is 472 g/mol. The minimum Gasteiger partial charge on any atom is -0.466 e. The molecule has 0 aliphatic rings. The molecule has 0 fully saturated rings. The number of ether oxygens (including phenoxy) is 1. The summed E-state index contributed by atoms with van der Waals surface area (Å²) in [5, 5.41) is -0.290. The molecule has 174 valence electrons. The lowest BCUT2D eigenvalue weighted by Crippen LogP contribution is -2.18. The Morgan fingerprint density at radius 1 is 1.18 bits per heavy atom. The third-order valence-electron chi connectivity index (χ3n) is 4.51. The molecular weight excluding hydrogens is 448 g/mol. The number of hydrogen-bond acceptors (Lipinski definition) is 9. The van der Waals surface area contributed by atoms with Crippen LogP contribution >= 0.6 is 0 Å². The molecule has 1 unspecified atom stereocenters. The Kier molecular flexibility index (Phi) is 7.83. The molecule has 1 aromatic carbocycles. The maximum absolute atomic E-state index is 12.6. The van der Waals surface area contributed by atoms with E-state index in [9.17, 15) is 19.2 Å².